The highest BCUT2D eigenvalue weighted by Crippen LogP contribution is 2.40. The molecule has 23 heavy (non-hydrogen) atoms. The molecule has 122 valence electrons. The number of piperidine rings is 1. The first-order chi connectivity index (χ1) is 10.9. The third-order valence-corrected chi connectivity index (χ3v) is 5.90. The predicted molar refractivity (Wildman–Crippen MR) is 86.3 cm³/mol. The van der Waals surface area contributed by atoms with Crippen molar-refractivity contribution in [2.75, 3.05) is 25.5 Å². The van der Waals surface area contributed by atoms with Crippen molar-refractivity contribution in [2.24, 2.45) is 0 Å². The number of sulfone groups is 1. The summed E-state index contributed by atoms with van der Waals surface area (Å²) in [4.78, 5) is 2.08. The molecule has 0 spiro atoms. The highest BCUT2D eigenvalue weighted by Gasteiger charge is 2.33. The summed E-state index contributed by atoms with van der Waals surface area (Å²) < 4.78 is 39.0. The third-order valence-electron chi connectivity index (χ3n) is 4.30. The first-order valence-electron chi connectivity index (χ1n) is 7.47. The number of alkyl halides is 1. The van der Waals surface area contributed by atoms with Crippen molar-refractivity contribution in [3.63, 3.8) is 0 Å². The van der Waals surface area contributed by atoms with E-state index in [1.165, 1.54) is 0 Å². The second kappa shape index (κ2) is 5.95. The molecule has 0 saturated carbocycles. The van der Waals surface area contributed by atoms with Crippen molar-refractivity contribution in [2.45, 2.75) is 30.0 Å². The molecule has 2 aliphatic rings. The van der Waals surface area contributed by atoms with Crippen LogP contribution in [0.1, 0.15) is 18.4 Å². The summed E-state index contributed by atoms with van der Waals surface area (Å²) in [5.41, 5.74) is 1.45. The summed E-state index contributed by atoms with van der Waals surface area (Å²) in [6.45, 7) is 1.09. The molecule has 1 aromatic rings. The fraction of sp³-hybridized carbons (Fsp3) is 0.438. The summed E-state index contributed by atoms with van der Waals surface area (Å²) >= 11 is 0. The standard InChI is InChI=1S/C16H18FN3O2S/c1-20-8-6-14(13(17)9-20)19-15-4-2-3-12-11(5-7-18)10-23(21,22)16(12)15/h2-4,10,13-14,19H,5-6,8-9H2,1H3/t13-,14-/m0/s1. The van der Waals surface area contributed by atoms with Crippen LogP contribution in [0.3, 0.4) is 0 Å². The van der Waals surface area contributed by atoms with Crippen molar-refractivity contribution in [1.82, 2.24) is 4.90 Å². The molecule has 2 aliphatic heterocycles. The van der Waals surface area contributed by atoms with Gasteiger partial charge < -0.3 is 10.2 Å². The van der Waals surface area contributed by atoms with E-state index in [0.29, 0.717) is 29.8 Å². The van der Waals surface area contributed by atoms with Crippen LogP contribution in [0.15, 0.2) is 28.5 Å². The minimum atomic E-state index is -3.60. The largest absolute Gasteiger partial charge is 0.378 e. The summed E-state index contributed by atoms with van der Waals surface area (Å²) in [5.74, 6) is 0. The van der Waals surface area contributed by atoms with Gasteiger partial charge in [0.2, 0.25) is 9.84 Å². The van der Waals surface area contributed by atoms with Crippen molar-refractivity contribution in [3.05, 3.63) is 29.2 Å². The fourth-order valence-corrected chi connectivity index (χ4v) is 4.80. The van der Waals surface area contributed by atoms with Gasteiger partial charge in [0.15, 0.2) is 0 Å². The summed E-state index contributed by atoms with van der Waals surface area (Å²) in [5, 5.41) is 13.1. The van der Waals surface area contributed by atoms with Crippen LogP contribution in [0.4, 0.5) is 10.1 Å². The Kier molecular flexibility index (Phi) is 4.13. The van der Waals surface area contributed by atoms with E-state index >= 15 is 0 Å². The van der Waals surface area contributed by atoms with Crippen LogP contribution in [0.2, 0.25) is 0 Å². The maximum Gasteiger partial charge on any atom is 0.202 e. The van der Waals surface area contributed by atoms with Gasteiger partial charge in [-0.2, -0.15) is 5.26 Å². The van der Waals surface area contributed by atoms with E-state index in [1.807, 2.05) is 18.0 Å². The number of nitrogens with one attached hydrogen (secondary N) is 1. The fourth-order valence-electron chi connectivity index (χ4n) is 3.16. The second-order valence-corrected chi connectivity index (χ2v) is 7.76. The Balaban J connectivity index is 1.94. The Morgan fingerprint density at radius 3 is 2.96 bits per heavy atom. The van der Waals surface area contributed by atoms with E-state index in [1.54, 1.807) is 18.2 Å². The Morgan fingerprint density at radius 2 is 2.26 bits per heavy atom. The highest BCUT2D eigenvalue weighted by atomic mass is 32.2. The number of benzene rings is 1. The topological polar surface area (TPSA) is 73.2 Å². The Hall–Kier alpha value is -1.91. The Labute approximate surface area is 135 Å². The molecule has 0 aliphatic carbocycles. The molecule has 0 radical (unpaired) electrons. The normalized spacial score (nSPS) is 26.2. The SMILES string of the molecule is CN1CC[C@H](Nc2cccc3c2S(=O)(=O)C=C3CC#N)[C@@H](F)C1. The Morgan fingerprint density at radius 1 is 1.48 bits per heavy atom. The zero-order valence-electron chi connectivity index (χ0n) is 12.8. The van der Waals surface area contributed by atoms with Crippen LogP contribution >= 0.6 is 0 Å². The van der Waals surface area contributed by atoms with Gasteiger partial charge in [0.25, 0.3) is 0 Å². The summed E-state index contributed by atoms with van der Waals surface area (Å²) in [6, 6.07) is 6.65. The number of halogens is 1. The highest BCUT2D eigenvalue weighted by molar-refractivity contribution is 7.95. The minimum absolute atomic E-state index is 0.0373. The number of nitriles is 1. The maximum atomic E-state index is 14.2. The molecule has 0 unspecified atom stereocenters. The molecule has 0 bridgehead atoms. The van der Waals surface area contributed by atoms with E-state index in [0.717, 1.165) is 12.0 Å². The van der Waals surface area contributed by atoms with Gasteiger partial charge in [-0.15, -0.1) is 0 Å². The van der Waals surface area contributed by atoms with Crippen LogP contribution in [0.25, 0.3) is 5.57 Å². The van der Waals surface area contributed by atoms with Crippen molar-refractivity contribution < 1.29 is 12.8 Å². The van der Waals surface area contributed by atoms with Crippen LogP contribution in [-0.2, 0) is 9.84 Å². The summed E-state index contributed by atoms with van der Waals surface area (Å²) in [7, 11) is -1.73. The first kappa shape index (κ1) is 16.0. The molecular weight excluding hydrogens is 317 g/mol. The number of allylic oxidation sites excluding steroid dienone is 1. The molecule has 5 nitrogen and oxygen atoms in total. The van der Waals surface area contributed by atoms with Crippen LogP contribution < -0.4 is 5.32 Å². The molecule has 3 rings (SSSR count). The van der Waals surface area contributed by atoms with Gasteiger partial charge in [-0.1, -0.05) is 12.1 Å². The molecule has 1 saturated heterocycles. The van der Waals surface area contributed by atoms with Crippen LogP contribution in [-0.4, -0.2) is 45.7 Å². The summed E-state index contributed by atoms with van der Waals surface area (Å²) in [6.07, 6.45) is -0.407. The van der Waals surface area contributed by atoms with Crippen molar-refractivity contribution in [3.8, 4) is 6.07 Å². The molecule has 1 N–H and O–H groups in total. The van der Waals surface area contributed by atoms with Crippen molar-refractivity contribution in [1.29, 1.82) is 5.26 Å². The first-order valence-corrected chi connectivity index (χ1v) is 9.02. The van der Waals surface area contributed by atoms with Gasteiger partial charge in [-0.3, -0.25) is 0 Å². The average molecular weight is 335 g/mol. The van der Waals surface area contributed by atoms with Gasteiger partial charge in [0.1, 0.15) is 11.1 Å². The van der Waals surface area contributed by atoms with E-state index < -0.39 is 22.1 Å². The molecule has 2 heterocycles. The average Bonchev–Trinajstić information content (AvgIpc) is 2.75. The number of hydrogen-bond donors (Lipinski definition) is 1. The molecule has 1 fully saturated rings. The van der Waals surface area contributed by atoms with Gasteiger partial charge >= 0.3 is 0 Å². The van der Waals surface area contributed by atoms with Gasteiger partial charge in [-0.25, -0.2) is 12.8 Å². The molecule has 2 atom stereocenters. The van der Waals surface area contributed by atoms with Gasteiger partial charge in [-0.05, 0) is 25.1 Å². The number of anilines is 1. The minimum Gasteiger partial charge on any atom is -0.378 e. The van der Waals surface area contributed by atoms with Gasteiger partial charge in [0, 0.05) is 24.1 Å². The van der Waals surface area contributed by atoms with E-state index in [9.17, 15) is 12.8 Å². The lowest BCUT2D eigenvalue weighted by molar-refractivity contribution is 0.149. The number of hydrogen-bond acceptors (Lipinski definition) is 5. The number of nitrogens with zero attached hydrogens (tertiary/aromatic N) is 2. The lowest BCUT2D eigenvalue weighted by Gasteiger charge is -2.33. The van der Waals surface area contributed by atoms with E-state index in [-0.39, 0.29) is 11.3 Å². The molecular formula is C16H18FN3O2S. The third kappa shape index (κ3) is 2.96. The van der Waals surface area contributed by atoms with Gasteiger partial charge in [0.05, 0.1) is 24.2 Å². The second-order valence-electron chi connectivity index (χ2n) is 6.02. The zero-order valence-corrected chi connectivity index (χ0v) is 13.6. The number of likely N-dealkylation sites (tertiary alicyclic amines) is 1. The zero-order chi connectivity index (χ0) is 16.6. The van der Waals surface area contributed by atoms with Crippen LogP contribution in [0, 0.1) is 11.3 Å². The number of fused-ring (bicyclic) bond motifs is 1. The molecule has 0 amide bonds. The quantitative estimate of drug-likeness (QED) is 0.916. The van der Waals surface area contributed by atoms with E-state index in [2.05, 4.69) is 5.32 Å². The lowest BCUT2D eigenvalue weighted by Crippen LogP contribution is -2.46. The van der Waals surface area contributed by atoms with Crippen LogP contribution in [0.5, 0.6) is 0 Å². The van der Waals surface area contributed by atoms with Crippen molar-refractivity contribution >= 4 is 21.1 Å². The molecule has 1 aromatic carbocycles. The monoisotopic (exact) mass is 335 g/mol. The number of rotatable bonds is 3. The lowest BCUT2D eigenvalue weighted by atomic mass is 10.0. The Bertz CT molecular complexity index is 798. The molecule has 0 aromatic heterocycles. The maximum absolute atomic E-state index is 14.2. The molecule has 7 heteroatoms. The predicted octanol–water partition coefficient (Wildman–Crippen LogP) is 2.18. The smallest absolute Gasteiger partial charge is 0.202 e. The van der Waals surface area contributed by atoms with E-state index in [4.69, 9.17) is 5.26 Å².